The number of carboxylic acid groups (broad SMARTS) is 2. The van der Waals surface area contributed by atoms with Crippen molar-refractivity contribution in [1.29, 1.82) is 0 Å². The van der Waals surface area contributed by atoms with Crippen molar-refractivity contribution >= 4 is 217 Å². The van der Waals surface area contributed by atoms with Crippen molar-refractivity contribution in [2.24, 2.45) is 16.8 Å². The van der Waals surface area contributed by atoms with Crippen LogP contribution >= 0.6 is 159 Å². The zero-order chi connectivity index (χ0) is 72.7. The smallest absolute Gasteiger partial charge is 0.870 e. The number of carbonyl (C=O) groups is 4. The molecule has 0 radical (unpaired) electrons. The van der Waals surface area contributed by atoms with Crippen LogP contribution in [0.3, 0.4) is 0 Å². The van der Waals surface area contributed by atoms with Crippen molar-refractivity contribution in [3.05, 3.63) is 214 Å². The topological polar surface area (TPSA) is 394 Å². The Morgan fingerprint density at radius 3 is 1.38 bits per heavy atom. The van der Waals surface area contributed by atoms with E-state index in [9.17, 15) is 19.2 Å². The summed E-state index contributed by atoms with van der Waals surface area (Å²) in [7, 11) is 2.97. The van der Waals surface area contributed by atoms with E-state index >= 15 is 0 Å². The van der Waals surface area contributed by atoms with Crippen LogP contribution in [-0.4, -0.2) is 116 Å². The number of rotatable bonds is 8. The van der Waals surface area contributed by atoms with E-state index < -0.39 is 23.7 Å². The van der Waals surface area contributed by atoms with Crippen molar-refractivity contribution < 1.29 is 99.3 Å². The Kier molecular flexibility index (Phi) is 44.9. The number of pyridine rings is 3. The molecule has 0 spiro atoms. The summed E-state index contributed by atoms with van der Waals surface area (Å²) >= 11 is 68.8. The molecule has 97 heavy (non-hydrogen) atoms. The average Bonchev–Trinajstić information content (AvgIpc) is 1.68. The van der Waals surface area contributed by atoms with E-state index in [0.29, 0.717) is 84.5 Å². The van der Waals surface area contributed by atoms with Gasteiger partial charge in [0.15, 0.2) is 28.5 Å². The summed E-state index contributed by atoms with van der Waals surface area (Å²) in [4.78, 5) is 59.9. The van der Waals surface area contributed by atoms with Gasteiger partial charge in [0.2, 0.25) is 17.2 Å². The zero-order valence-electron chi connectivity index (χ0n) is 50.9. The maximum absolute atomic E-state index is 10.6. The number of imidazole rings is 2. The average molecular weight is 1700 g/mol. The fraction of sp³-hybridized carbons (Fsp3) is 0.138. The number of nitrogen functional groups attached to an aromatic ring is 1. The fourth-order valence-corrected chi connectivity index (χ4v) is 9.37. The summed E-state index contributed by atoms with van der Waals surface area (Å²) in [5.41, 5.74) is 15.5. The molecule has 0 saturated carbocycles. The number of Topliss-reactive ketones (excluding diaryl/α,β-unsaturated/α-hetero) is 1. The van der Waals surface area contributed by atoms with Crippen LogP contribution in [0.15, 0.2) is 107 Å². The first-order valence-corrected chi connectivity index (χ1v) is 31.2. The number of hydrogen-bond acceptors (Lipinski definition) is 18. The number of carbonyl (C=O) groups excluding carboxylic acids is 2. The van der Waals surface area contributed by atoms with Crippen molar-refractivity contribution in [3.8, 4) is 23.0 Å². The van der Waals surface area contributed by atoms with E-state index in [0.717, 1.165) is 16.7 Å². The number of fused-ring (bicyclic) bond motifs is 2. The summed E-state index contributed by atoms with van der Waals surface area (Å²) in [6, 6.07) is 16.7. The number of aromatic hydroxyl groups is 2. The number of alkyl halides is 1. The Balaban J connectivity index is 0. The third-order valence-corrected chi connectivity index (χ3v) is 15.1. The molecule has 25 nitrogen and oxygen atoms in total. The number of oxime groups is 1. The molecule has 0 atom stereocenters. The summed E-state index contributed by atoms with van der Waals surface area (Å²) in [6.07, 6.45) is 8.12. The number of phenols is 2. The van der Waals surface area contributed by atoms with E-state index in [1.54, 1.807) is 58.6 Å². The second kappa shape index (κ2) is 46.9. The van der Waals surface area contributed by atoms with Gasteiger partial charge in [0.25, 0.3) is 0 Å². The van der Waals surface area contributed by atoms with Crippen LogP contribution in [0, 0.1) is 33.9 Å². The molecule has 0 fully saturated rings. The van der Waals surface area contributed by atoms with Gasteiger partial charge in [-0.15, -0.1) is 0 Å². The number of ketones is 1. The van der Waals surface area contributed by atoms with Crippen LogP contribution in [0.1, 0.15) is 50.2 Å². The number of nitrogens with two attached hydrogens (primary N) is 3. The predicted octanol–water partition coefficient (Wildman–Crippen LogP) is 14.6. The van der Waals surface area contributed by atoms with Crippen LogP contribution in [-0.2, 0) is 14.3 Å². The molecule has 0 saturated heterocycles. The van der Waals surface area contributed by atoms with Gasteiger partial charge < -0.3 is 70.8 Å². The minimum absolute atomic E-state index is 0. The van der Waals surface area contributed by atoms with Gasteiger partial charge in [-0.05, 0) is 115 Å². The number of phenolic OH excluding ortho intramolecular Hbond substituents is 2. The molecular weight excluding hydrogens is 1650 g/mol. The van der Waals surface area contributed by atoms with E-state index in [2.05, 4.69) is 72.3 Å². The number of aromatic nitrogens is 5. The molecule has 39 heteroatoms. The number of anilines is 1. The number of methoxy groups -OCH3 is 2. The third-order valence-electron chi connectivity index (χ3n) is 10.4. The molecule has 0 unspecified atom stereocenters. The van der Waals surface area contributed by atoms with E-state index in [1.165, 1.54) is 69.1 Å². The fourth-order valence-electron chi connectivity index (χ4n) is 6.21. The SMILES string of the molecule is CCOC(=O)C(=O)CBr.COc1cc(Cl)c(/C(N)=N/O)cc1Cl.Cc1cc(Cl)c2nc(C(=O)O)cn2c1.Cc1cc(Cl)c2nc(C(=O)O)cn2c1.Cc1cnc(N)c(Cl)c1.NO.Oc1cc(Cl)c(Br)cc1Cl.[C-]#[N+]c1cc(Cl)c(O)cc1Cl.[C-]#[N+]c1cc(Cl)c(OC)cc1Cl.[Na+].[OH-]. The van der Waals surface area contributed by atoms with Gasteiger partial charge in [-0.2, -0.15) is 0 Å². The number of benzene rings is 4. The first-order valence-electron chi connectivity index (χ1n) is 25.1. The van der Waals surface area contributed by atoms with E-state index in [-0.39, 0.29) is 96.4 Å². The van der Waals surface area contributed by atoms with Crippen LogP contribution in [0.25, 0.3) is 21.0 Å². The molecule has 5 heterocycles. The van der Waals surface area contributed by atoms with Crippen LogP contribution in [0.4, 0.5) is 17.2 Å². The Hall–Kier alpha value is -6.23. The number of amidine groups is 1. The van der Waals surface area contributed by atoms with Crippen LogP contribution in [0.5, 0.6) is 23.0 Å². The van der Waals surface area contributed by atoms with Gasteiger partial charge in [0, 0.05) is 53.2 Å². The first-order chi connectivity index (χ1) is 44.6. The molecule has 9 aromatic rings. The van der Waals surface area contributed by atoms with Crippen LogP contribution in [0.2, 0.25) is 55.2 Å². The second-order valence-electron chi connectivity index (χ2n) is 17.3. The summed E-state index contributed by atoms with van der Waals surface area (Å²) in [6.45, 7) is 21.0. The van der Waals surface area contributed by atoms with Crippen molar-refractivity contribution in [1.82, 2.24) is 23.8 Å². The number of nitrogens with zero attached hydrogens (tertiary/aromatic N) is 8. The quantitative estimate of drug-likeness (QED) is 0.00652. The third kappa shape index (κ3) is 30.8. The minimum atomic E-state index is -1.05. The number of halogens is 13. The van der Waals surface area contributed by atoms with Gasteiger partial charge >= 0.3 is 47.5 Å². The van der Waals surface area contributed by atoms with Crippen molar-refractivity contribution in [3.63, 3.8) is 0 Å². The molecule has 0 aliphatic heterocycles. The Bertz CT molecular complexity index is 4150. The maximum atomic E-state index is 10.6. The zero-order valence-corrected chi connectivity index (χ0v) is 64.4. The molecule has 0 aliphatic rings. The van der Waals surface area contributed by atoms with Crippen molar-refractivity contribution in [2.45, 2.75) is 27.7 Å². The molecule has 0 amide bonds. The standard InChI is InChI=1S/2C9H7ClN2O2.C8H8Cl2N2O2.C8H5Cl2NO.C7H3Cl2NO.C6H3BrCl2O.C6H7ClN2.C5H7BrO3.H3NO.Na.H2O/c2*1-5-2-6(10)8-11-7(9(13)14)4-12(8)3-5;1-14-7-3-5(9)4(2-6(7)10)8(11)12-13;1-11-7-3-6(10)8(12-2)4-5(7)9;1-10-6-2-5(9)7(11)3-4(6)8;7-3-1-5(9)6(10)2-4(3)8;1-4-2-5(7)6(8)9-3-4;1-2-9-5(8)4(7)3-6;1-2;;/h2*2-4H,1H3,(H,13,14);2-3,13H,1H3,(H2,11,12);3-4H,2H3;2-3,11H;1-2,10H;2-3H,1H3,(H2,8,9);2-3H2,1H3;2H,1H2;;1H2/q;;;;;;;;;+1;/p-1. The number of carboxylic acids is 2. The molecule has 4 aromatic carbocycles. The monoisotopic (exact) mass is 1690 g/mol. The Labute approximate surface area is 647 Å². The first kappa shape index (κ1) is 92.8. The summed E-state index contributed by atoms with van der Waals surface area (Å²) in [5, 5.41) is 57.2. The number of aryl methyl sites for hydroxylation is 3. The molecule has 514 valence electrons. The Morgan fingerprint density at radius 2 is 1.00 bits per heavy atom. The number of ether oxygens (including phenoxy) is 3. The Morgan fingerprint density at radius 1 is 0.598 bits per heavy atom. The van der Waals surface area contributed by atoms with Crippen LogP contribution < -0.4 is 56.4 Å². The predicted molar refractivity (Wildman–Crippen MR) is 381 cm³/mol. The second-order valence-corrected chi connectivity index (χ2v) is 23.2. The summed E-state index contributed by atoms with van der Waals surface area (Å²) < 4.78 is 18.1. The molecule has 9 rings (SSSR count). The number of esters is 1. The minimum Gasteiger partial charge on any atom is -0.870 e. The normalized spacial score (nSPS) is 9.70. The molecular formula is C58H51Br2Cl11N11NaO14. The maximum Gasteiger partial charge on any atom is 1.00 e. The van der Waals surface area contributed by atoms with Gasteiger partial charge in [-0.25, -0.2) is 44.9 Å². The molecule has 13 N–H and O–H groups in total. The summed E-state index contributed by atoms with van der Waals surface area (Å²) in [5.74, 6) is 1.18. The van der Waals surface area contributed by atoms with E-state index in [4.69, 9.17) is 193 Å². The van der Waals surface area contributed by atoms with Gasteiger partial charge in [-0.1, -0.05) is 149 Å². The van der Waals surface area contributed by atoms with Gasteiger partial charge in [0.1, 0.15) is 28.8 Å². The molecule has 0 aliphatic carbocycles. The van der Waals surface area contributed by atoms with Crippen molar-refractivity contribution in [2.75, 3.05) is 31.9 Å². The van der Waals surface area contributed by atoms with Gasteiger partial charge in [-0.3, -0.25) is 4.79 Å². The number of aromatic carboxylic acids is 2. The van der Waals surface area contributed by atoms with E-state index in [1.807, 2.05) is 20.8 Å². The largest absolute Gasteiger partial charge is 1.00 e. The molecule has 5 aromatic heterocycles. The number of hydrogen-bond donors (Lipinski definition) is 9. The van der Waals surface area contributed by atoms with Gasteiger partial charge in [0.05, 0.1) is 94.5 Å². The molecule has 0 bridgehead atoms.